The number of benzene rings is 6. The third-order valence-electron chi connectivity index (χ3n) is 15.2. The maximum Gasteiger partial charge on any atom is 0.308 e. The fraction of sp³-hybridized carbons (Fsp3) is 0.465. The van der Waals surface area contributed by atoms with Crippen molar-refractivity contribution >= 4 is 11.9 Å². The molecular formula is C71H92O6. The normalized spacial score (nSPS) is 11.6. The Morgan fingerprint density at radius 3 is 0.636 bits per heavy atom. The Bertz CT molecular complexity index is 2030. The van der Waals surface area contributed by atoms with Gasteiger partial charge in [-0.05, 0) is 59.1 Å². The fourth-order valence-electron chi connectivity index (χ4n) is 10.9. The van der Waals surface area contributed by atoms with E-state index in [1.165, 1.54) is 116 Å². The first kappa shape index (κ1) is 60.4. The molecule has 0 saturated heterocycles. The van der Waals surface area contributed by atoms with Crippen LogP contribution in [0.15, 0.2) is 182 Å². The SMILES string of the molecule is O=C(CCCCCCCCCCCCCCCOC(c1ccccc1)(c1ccccc1)c1ccccc1)OCOC(=O)CCCCCCCCCCCCCCCOC(c1ccccc1)(c1ccccc1)c1ccccc1. The lowest BCUT2D eigenvalue weighted by Gasteiger charge is -2.36. The maximum absolute atomic E-state index is 12.2. The Labute approximate surface area is 464 Å². The number of carbonyl (C=O) groups is 2. The van der Waals surface area contributed by atoms with E-state index in [-0.39, 0.29) is 18.7 Å². The van der Waals surface area contributed by atoms with Crippen LogP contribution >= 0.6 is 0 Å². The molecule has 0 fully saturated rings. The van der Waals surface area contributed by atoms with Crippen LogP contribution in [0.2, 0.25) is 0 Å². The van der Waals surface area contributed by atoms with Crippen molar-refractivity contribution in [2.45, 2.75) is 191 Å². The van der Waals surface area contributed by atoms with Gasteiger partial charge in [0.25, 0.3) is 0 Å². The summed E-state index contributed by atoms with van der Waals surface area (Å²) in [6.45, 7) is 1.16. The minimum absolute atomic E-state index is 0.266. The van der Waals surface area contributed by atoms with Crippen molar-refractivity contribution < 1.29 is 28.5 Å². The van der Waals surface area contributed by atoms with Gasteiger partial charge in [0.15, 0.2) is 0 Å². The number of rotatable bonds is 42. The number of ether oxygens (including phenoxy) is 4. The number of unbranched alkanes of at least 4 members (excludes halogenated alkanes) is 24. The molecule has 0 atom stereocenters. The van der Waals surface area contributed by atoms with Crippen LogP contribution in [0.25, 0.3) is 0 Å². The predicted octanol–water partition coefficient (Wildman–Crippen LogP) is 19.0. The van der Waals surface area contributed by atoms with Crippen LogP contribution in [-0.4, -0.2) is 31.9 Å². The second kappa shape index (κ2) is 37.1. The molecule has 0 bridgehead atoms. The summed E-state index contributed by atoms with van der Waals surface area (Å²) in [5, 5.41) is 0. The zero-order valence-corrected chi connectivity index (χ0v) is 46.7. The van der Waals surface area contributed by atoms with Crippen LogP contribution in [-0.2, 0) is 39.7 Å². The monoisotopic (exact) mass is 1040 g/mol. The van der Waals surface area contributed by atoms with Gasteiger partial charge in [-0.1, -0.05) is 323 Å². The van der Waals surface area contributed by atoms with Gasteiger partial charge < -0.3 is 18.9 Å². The molecule has 6 aromatic carbocycles. The molecule has 6 nitrogen and oxygen atoms in total. The summed E-state index contributed by atoms with van der Waals surface area (Å²) in [5.41, 5.74) is 5.67. The molecule has 0 aliphatic heterocycles. The molecule has 0 heterocycles. The highest BCUT2D eigenvalue weighted by atomic mass is 16.7. The van der Waals surface area contributed by atoms with E-state index < -0.39 is 11.2 Å². The molecule has 6 heteroatoms. The van der Waals surface area contributed by atoms with E-state index in [2.05, 4.69) is 182 Å². The Kier molecular flexibility index (Phi) is 29.1. The Balaban J connectivity index is 0.669. The van der Waals surface area contributed by atoms with Crippen LogP contribution in [0.1, 0.15) is 213 Å². The second-order valence-corrected chi connectivity index (χ2v) is 21.1. The fourth-order valence-corrected chi connectivity index (χ4v) is 10.9. The quantitative estimate of drug-likeness (QED) is 0.0165. The second-order valence-electron chi connectivity index (χ2n) is 21.1. The maximum atomic E-state index is 12.2. The van der Waals surface area contributed by atoms with Crippen molar-refractivity contribution in [3.05, 3.63) is 215 Å². The average molecular weight is 1040 g/mol. The zero-order chi connectivity index (χ0) is 53.6. The molecule has 0 spiro atoms. The molecule has 0 unspecified atom stereocenters. The highest BCUT2D eigenvalue weighted by Gasteiger charge is 2.38. The van der Waals surface area contributed by atoms with E-state index in [4.69, 9.17) is 18.9 Å². The minimum Gasteiger partial charge on any atom is -0.428 e. The third-order valence-corrected chi connectivity index (χ3v) is 15.2. The summed E-state index contributed by atoms with van der Waals surface area (Å²) in [6.07, 6.45) is 31.6. The van der Waals surface area contributed by atoms with Gasteiger partial charge in [-0.2, -0.15) is 0 Å². The Hall–Kier alpha value is -5.82. The van der Waals surface area contributed by atoms with Gasteiger partial charge in [0.2, 0.25) is 6.79 Å². The molecule has 0 amide bonds. The van der Waals surface area contributed by atoms with E-state index >= 15 is 0 Å². The van der Waals surface area contributed by atoms with Crippen molar-refractivity contribution in [3.8, 4) is 0 Å². The smallest absolute Gasteiger partial charge is 0.308 e. The molecule has 0 aromatic heterocycles. The highest BCUT2D eigenvalue weighted by Crippen LogP contribution is 2.42. The van der Waals surface area contributed by atoms with Crippen molar-refractivity contribution in [1.82, 2.24) is 0 Å². The van der Waals surface area contributed by atoms with Crippen molar-refractivity contribution in [2.75, 3.05) is 20.0 Å². The van der Waals surface area contributed by atoms with Gasteiger partial charge in [0, 0.05) is 26.1 Å². The molecule has 6 aromatic rings. The number of hydrogen-bond acceptors (Lipinski definition) is 6. The molecule has 0 aliphatic carbocycles. The first-order valence-corrected chi connectivity index (χ1v) is 30.1. The lowest BCUT2D eigenvalue weighted by molar-refractivity contribution is -0.167. The molecule has 0 N–H and O–H groups in total. The van der Waals surface area contributed by atoms with Gasteiger partial charge in [0.05, 0.1) is 0 Å². The third kappa shape index (κ3) is 21.2. The molecular weight excluding hydrogens is 949 g/mol. The topological polar surface area (TPSA) is 71.1 Å². The standard InChI is InChI=1S/C71H92O6/c72-68(57-41-19-15-11-7-3-1-5-9-13-17-21-43-59-76-70(62-45-29-23-30-46-62,63-47-31-24-32-48-63)64-49-33-25-34-50-64)74-61-75-69(73)58-42-20-16-12-8-4-2-6-10-14-18-22-44-60-77-71(65-51-35-26-36-52-65,66-53-37-27-38-54-66)67-55-39-28-40-56-67/h23-40,45-56H,1-22,41-44,57-61H2. The van der Waals surface area contributed by atoms with E-state index in [1.54, 1.807) is 0 Å². The van der Waals surface area contributed by atoms with Crippen LogP contribution in [0.5, 0.6) is 0 Å². The van der Waals surface area contributed by atoms with Crippen molar-refractivity contribution in [3.63, 3.8) is 0 Å². The molecule has 77 heavy (non-hydrogen) atoms. The summed E-state index contributed by atoms with van der Waals surface area (Å²) in [5.74, 6) is -0.556. The molecule has 412 valence electrons. The Morgan fingerprint density at radius 2 is 0.429 bits per heavy atom. The van der Waals surface area contributed by atoms with Gasteiger partial charge in [-0.3, -0.25) is 9.59 Å². The van der Waals surface area contributed by atoms with E-state index in [0.717, 1.165) is 84.7 Å². The average Bonchev–Trinajstić information content (AvgIpc) is 3.50. The number of esters is 2. The van der Waals surface area contributed by atoms with Gasteiger partial charge >= 0.3 is 11.9 Å². The number of hydrogen-bond donors (Lipinski definition) is 0. The van der Waals surface area contributed by atoms with E-state index in [9.17, 15) is 9.59 Å². The van der Waals surface area contributed by atoms with Gasteiger partial charge in [-0.15, -0.1) is 0 Å². The first-order valence-electron chi connectivity index (χ1n) is 30.1. The van der Waals surface area contributed by atoms with Crippen molar-refractivity contribution in [2.24, 2.45) is 0 Å². The summed E-state index contributed by atoms with van der Waals surface area (Å²) in [4.78, 5) is 24.4. The van der Waals surface area contributed by atoms with Crippen LogP contribution in [0, 0.1) is 0 Å². The predicted molar refractivity (Wildman–Crippen MR) is 317 cm³/mol. The molecule has 6 rings (SSSR count). The lowest BCUT2D eigenvalue weighted by atomic mass is 9.80. The summed E-state index contributed by atoms with van der Waals surface area (Å²) < 4.78 is 24.3. The summed E-state index contributed by atoms with van der Waals surface area (Å²) in [7, 11) is 0. The van der Waals surface area contributed by atoms with Crippen molar-refractivity contribution in [1.29, 1.82) is 0 Å². The number of carbonyl (C=O) groups excluding carboxylic acids is 2. The van der Waals surface area contributed by atoms with E-state index in [0.29, 0.717) is 26.1 Å². The highest BCUT2D eigenvalue weighted by molar-refractivity contribution is 5.71. The van der Waals surface area contributed by atoms with Gasteiger partial charge in [-0.25, -0.2) is 0 Å². The van der Waals surface area contributed by atoms with E-state index in [1.807, 2.05) is 0 Å². The minimum atomic E-state index is -0.635. The first-order chi connectivity index (χ1) is 38.1. The summed E-state index contributed by atoms with van der Waals surface area (Å²) in [6, 6.07) is 63.9. The van der Waals surface area contributed by atoms with Crippen LogP contribution < -0.4 is 0 Å². The van der Waals surface area contributed by atoms with Crippen LogP contribution in [0.4, 0.5) is 0 Å². The zero-order valence-electron chi connectivity index (χ0n) is 46.7. The summed E-state index contributed by atoms with van der Waals surface area (Å²) >= 11 is 0. The largest absolute Gasteiger partial charge is 0.428 e. The van der Waals surface area contributed by atoms with Crippen LogP contribution in [0.3, 0.4) is 0 Å². The lowest BCUT2D eigenvalue weighted by Crippen LogP contribution is -2.33. The van der Waals surface area contributed by atoms with Gasteiger partial charge in [0.1, 0.15) is 11.2 Å². The molecule has 0 aliphatic rings. The molecule has 0 saturated carbocycles. The Morgan fingerprint density at radius 1 is 0.247 bits per heavy atom. The molecule has 0 radical (unpaired) electrons.